The first kappa shape index (κ1) is 13.9. The van der Waals surface area contributed by atoms with Crippen molar-refractivity contribution in [1.82, 2.24) is 9.55 Å². The second-order valence-corrected chi connectivity index (χ2v) is 5.60. The van der Waals surface area contributed by atoms with Crippen LogP contribution in [0.25, 0.3) is 22.4 Å². The van der Waals surface area contributed by atoms with Crippen LogP contribution in [-0.2, 0) is 0 Å². The molecule has 0 unspecified atom stereocenters. The molecule has 1 N–H and O–H groups in total. The molecule has 0 saturated carbocycles. The number of halogens is 2. The largest absolute Gasteiger partial charge is 0.507 e. The Labute approximate surface area is 126 Å². The van der Waals surface area contributed by atoms with E-state index in [1.54, 1.807) is 18.2 Å². The quantitative estimate of drug-likeness (QED) is 0.739. The Kier molecular flexibility index (Phi) is 3.33. The molecule has 0 aliphatic carbocycles. The third-order valence-corrected chi connectivity index (χ3v) is 3.62. The smallest absolute Gasteiger partial charge is 0.151 e. The number of para-hydroxylation sites is 1. The van der Waals surface area contributed by atoms with Crippen molar-refractivity contribution in [2.45, 2.75) is 19.9 Å². The molecule has 0 atom stereocenters. The number of rotatable bonds is 2. The molecule has 0 radical (unpaired) electrons. The average Bonchev–Trinajstić information content (AvgIpc) is 2.79. The van der Waals surface area contributed by atoms with Gasteiger partial charge in [0, 0.05) is 11.1 Å². The van der Waals surface area contributed by atoms with Gasteiger partial charge >= 0.3 is 0 Å². The highest BCUT2D eigenvalue weighted by Gasteiger charge is 2.19. The van der Waals surface area contributed by atoms with Gasteiger partial charge in [-0.25, -0.2) is 9.37 Å². The summed E-state index contributed by atoms with van der Waals surface area (Å²) >= 11 is 5.86. The third-order valence-electron chi connectivity index (χ3n) is 3.39. The molecule has 0 amide bonds. The molecule has 3 nitrogen and oxygen atoms in total. The van der Waals surface area contributed by atoms with Crippen molar-refractivity contribution in [3.8, 4) is 17.1 Å². The molecule has 0 aliphatic heterocycles. The number of aromatic hydroxyl groups is 1. The molecule has 0 fully saturated rings. The molecule has 1 heterocycles. The van der Waals surface area contributed by atoms with Gasteiger partial charge in [0.25, 0.3) is 0 Å². The average molecular weight is 305 g/mol. The van der Waals surface area contributed by atoms with E-state index < -0.39 is 0 Å². The van der Waals surface area contributed by atoms with Crippen molar-refractivity contribution in [2.75, 3.05) is 0 Å². The normalized spacial score (nSPS) is 11.5. The zero-order chi connectivity index (χ0) is 15.1. The van der Waals surface area contributed by atoms with Crippen LogP contribution < -0.4 is 0 Å². The van der Waals surface area contributed by atoms with Gasteiger partial charge in [0.1, 0.15) is 17.1 Å². The summed E-state index contributed by atoms with van der Waals surface area (Å²) in [4.78, 5) is 4.38. The first-order valence-electron chi connectivity index (χ1n) is 6.64. The molecule has 0 saturated heterocycles. The van der Waals surface area contributed by atoms with Crippen molar-refractivity contribution < 1.29 is 9.50 Å². The molecule has 21 heavy (non-hydrogen) atoms. The highest BCUT2D eigenvalue weighted by Crippen LogP contribution is 2.35. The molecule has 0 bridgehead atoms. The minimum atomic E-state index is -0.374. The molecular weight excluding hydrogens is 291 g/mol. The van der Waals surface area contributed by atoms with Gasteiger partial charge in [0.2, 0.25) is 0 Å². The van der Waals surface area contributed by atoms with Crippen LogP contribution in [0, 0.1) is 5.82 Å². The minimum absolute atomic E-state index is 0.0279. The summed E-state index contributed by atoms with van der Waals surface area (Å²) in [5, 5.41) is 10.6. The van der Waals surface area contributed by atoms with Gasteiger partial charge in [-0.2, -0.15) is 0 Å². The fourth-order valence-corrected chi connectivity index (χ4v) is 2.66. The summed E-state index contributed by atoms with van der Waals surface area (Å²) in [6.45, 7) is 3.98. The lowest BCUT2D eigenvalue weighted by atomic mass is 10.2. The standard InChI is InChI=1S/C16H14ClFN2O/c1-9(2)20-13-5-3-4-12(18)15(13)19-16(20)11-7-6-10(17)8-14(11)21/h3-9,21H,1-2H3. The van der Waals surface area contributed by atoms with E-state index in [0.29, 0.717) is 27.4 Å². The maximum atomic E-state index is 14.0. The van der Waals surface area contributed by atoms with Crippen LogP contribution in [0.2, 0.25) is 5.02 Å². The number of hydrogen-bond acceptors (Lipinski definition) is 2. The van der Waals surface area contributed by atoms with Crippen LogP contribution in [-0.4, -0.2) is 14.7 Å². The van der Waals surface area contributed by atoms with Gasteiger partial charge < -0.3 is 9.67 Å². The number of hydrogen-bond donors (Lipinski definition) is 1. The van der Waals surface area contributed by atoms with Crippen molar-refractivity contribution in [3.63, 3.8) is 0 Å². The molecule has 3 rings (SSSR count). The summed E-state index contributed by atoms with van der Waals surface area (Å²) in [6, 6.07) is 9.75. The first-order valence-corrected chi connectivity index (χ1v) is 7.02. The molecule has 0 spiro atoms. The molecule has 1 aromatic heterocycles. The van der Waals surface area contributed by atoms with Crippen molar-refractivity contribution >= 4 is 22.6 Å². The number of imidazole rings is 1. The first-order chi connectivity index (χ1) is 9.99. The summed E-state index contributed by atoms with van der Waals surface area (Å²) in [7, 11) is 0. The van der Waals surface area contributed by atoms with Crippen LogP contribution in [0.5, 0.6) is 5.75 Å². The van der Waals surface area contributed by atoms with Gasteiger partial charge in [0.05, 0.1) is 11.1 Å². The SMILES string of the molecule is CC(C)n1c(-c2ccc(Cl)cc2O)nc2c(F)cccc21. The number of phenolic OH excluding ortho intramolecular Hbond substituents is 1. The second kappa shape index (κ2) is 5.04. The van der Waals surface area contributed by atoms with Crippen LogP contribution in [0.4, 0.5) is 4.39 Å². The van der Waals surface area contributed by atoms with E-state index in [1.165, 1.54) is 12.1 Å². The highest BCUT2D eigenvalue weighted by atomic mass is 35.5. The molecule has 3 aromatic rings. The monoisotopic (exact) mass is 304 g/mol. The Hall–Kier alpha value is -2.07. The summed E-state index contributed by atoms with van der Waals surface area (Å²) < 4.78 is 15.9. The zero-order valence-electron chi connectivity index (χ0n) is 11.6. The zero-order valence-corrected chi connectivity index (χ0v) is 12.4. The lowest BCUT2D eigenvalue weighted by Gasteiger charge is -2.14. The predicted molar refractivity (Wildman–Crippen MR) is 82.2 cm³/mol. The lowest BCUT2D eigenvalue weighted by molar-refractivity contribution is 0.476. The van der Waals surface area contributed by atoms with Gasteiger partial charge in [-0.3, -0.25) is 0 Å². The van der Waals surface area contributed by atoms with Crippen LogP contribution in [0.1, 0.15) is 19.9 Å². The molecule has 5 heteroatoms. The highest BCUT2D eigenvalue weighted by molar-refractivity contribution is 6.30. The molecule has 0 aliphatic rings. The van der Waals surface area contributed by atoms with Crippen molar-refractivity contribution in [3.05, 3.63) is 47.2 Å². The van der Waals surface area contributed by atoms with Gasteiger partial charge in [-0.15, -0.1) is 0 Å². The van der Waals surface area contributed by atoms with E-state index >= 15 is 0 Å². The van der Waals surface area contributed by atoms with E-state index in [2.05, 4.69) is 4.98 Å². The van der Waals surface area contributed by atoms with E-state index in [0.717, 1.165) is 0 Å². The topological polar surface area (TPSA) is 38.0 Å². The lowest BCUT2D eigenvalue weighted by Crippen LogP contribution is -2.03. The number of benzene rings is 2. The van der Waals surface area contributed by atoms with Crippen LogP contribution in [0.15, 0.2) is 36.4 Å². The van der Waals surface area contributed by atoms with E-state index in [4.69, 9.17) is 11.6 Å². The van der Waals surface area contributed by atoms with Gasteiger partial charge in [0.15, 0.2) is 5.82 Å². The van der Waals surface area contributed by atoms with Crippen molar-refractivity contribution in [2.24, 2.45) is 0 Å². The summed E-state index contributed by atoms with van der Waals surface area (Å²) in [6.07, 6.45) is 0. The van der Waals surface area contributed by atoms with E-state index in [9.17, 15) is 9.50 Å². The van der Waals surface area contributed by atoms with Crippen LogP contribution >= 0.6 is 11.6 Å². The van der Waals surface area contributed by atoms with Gasteiger partial charge in [-0.05, 0) is 44.2 Å². The Morgan fingerprint density at radius 1 is 1.24 bits per heavy atom. The van der Waals surface area contributed by atoms with Crippen LogP contribution in [0.3, 0.4) is 0 Å². The molecule has 2 aromatic carbocycles. The maximum Gasteiger partial charge on any atom is 0.151 e. The molecule has 108 valence electrons. The Balaban J connectivity index is 2.36. The minimum Gasteiger partial charge on any atom is -0.507 e. The fraction of sp³-hybridized carbons (Fsp3) is 0.188. The number of aromatic nitrogens is 2. The number of phenols is 1. The van der Waals surface area contributed by atoms with E-state index in [-0.39, 0.29) is 17.6 Å². The predicted octanol–water partition coefficient (Wildman–Crippen LogP) is 4.78. The van der Waals surface area contributed by atoms with Gasteiger partial charge in [-0.1, -0.05) is 17.7 Å². The fourth-order valence-electron chi connectivity index (χ4n) is 2.49. The maximum absolute atomic E-state index is 14.0. The Bertz CT molecular complexity index is 827. The third kappa shape index (κ3) is 2.25. The summed E-state index contributed by atoms with van der Waals surface area (Å²) in [5.41, 5.74) is 1.54. The number of nitrogens with zero attached hydrogens (tertiary/aromatic N) is 2. The van der Waals surface area contributed by atoms with Crippen molar-refractivity contribution in [1.29, 1.82) is 0 Å². The van der Waals surface area contributed by atoms with E-state index in [1.807, 2.05) is 24.5 Å². The summed E-state index contributed by atoms with van der Waals surface area (Å²) in [5.74, 6) is 0.181. The molecular formula is C16H14ClFN2O. The Morgan fingerprint density at radius 3 is 2.67 bits per heavy atom. The second-order valence-electron chi connectivity index (χ2n) is 5.17. The Morgan fingerprint density at radius 2 is 2.00 bits per heavy atom. The number of fused-ring (bicyclic) bond motifs is 1.